The van der Waals surface area contributed by atoms with Crippen LogP contribution in [0.1, 0.15) is 49.3 Å². The Labute approximate surface area is 252 Å². The summed E-state index contributed by atoms with van der Waals surface area (Å²) in [5, 5.41) is 17.9. The molecule has 1 aliphatic rings. The van der Waals surface area contributed by atoms with Crippen molar-refractivity contribution in [1.82, 2.24) is 20.0 Å². The third kappa shape index (κ3) is 7.52. The van der Waals surface area contributed by atoms with Gasteiger partial charge in [0.15, 0.2) is 0 Å². The molecule has 5 rings (SSSR count). The minimum atomic E-state index is -1.05. The molecule has 4 aromatic rings. The fourth-order valence-corrected chi connectivity index (χ4v) is 5.53. The number of carbonyl (C=O) groups excluding carboxylic acids is 1. The average Bonchev–Trinajstić information content (AvgIpc) is 3.52. The van der Waals surface area contributed by atoms with Crippen LogP contribution in [0.2, 0.25) is 0 Å². The van der Waals surface area contributed by atoms with Gasteiger partial charge in [-0.2, -0.15) is 5.10 Å². The van der Waals surface area contributed by atoms with Crippen molar-refractivity contribution in [3.8, 4) is 5.75 Å². The Hall–Kier alpha value is -4.85. The molecular weight excluding hydrogens is 540 g/mol. The van der Waals surface area contributed by atoms with E-state index in [2.05, 4.69) is 59.6 Å². The Balaban J connectivity index is 1.28. The van der Waals surface area contributed by atoms with Crippen LogP contribution < -0.4 is 4.74 Å². The summed E-state index contributed by atoms with van der Waals surface area (Å²) in [5.74, 6) is 0.602. The van der Waals surface area contributed by atoms with Gasteiger partial charge in [0, 0.05) is 31.1 Å². The number of benzene rings is 3. The van der Waals surface area contributed by atoms with Gasteiger partial charge in [-0.25, -0.2) is 4.79 Å². The lowest BCUT2D eigenvalue weighted by Gasteiger charge is -2.25. The zero-order chi connectivity index (χ0) is 30.0. The average molecular weight is 579 g/mol. The van der Waals surface area contributed by atoms with Crippen molar-refractivity contribution in [1.29, 1.82) is 0 Å². The smallest absolute Gasteiger partial charge is 0.407 e. The number of hydrogen-bond donors (Lipinski definition) is 2. The first-order valence-electron chi connectivity index (χ1n) is 14.9. The number of aromatic nitrogens is 2. The number of nitrogens with one attached hydrogen (secondary N) is 1. The van der Waals surface area contributed by atoms with Crippen LogP contribution in [0.4, 0.5) is 4.79 Å². The number of fused-ring (bicyclic) bond motifs is 1. The van der Waals surface area contributed by atoms with Gasteiger partial charge in [0.2, 0.25) is 5.91 Å². The zero-order valence-electron chi connectivity index (χ0n) is 24.5. The number of ether oxygens (including phenoxy) is 1. The van der Waals surface area contributed by atoms with E-state index in [4.69, 9.17) is 4.74 Å². The molecule has 2 amide bonds. The van der Waals surface area contributed by atoms with Gasteiger partial charge in [0.1, 0.15) is 12.4 Å². The Morgan fingerprint density at radius 1 is 0.977 bits per heavy atom. The van der Waals surface area contributed by atoms with E-state index < -0.39 is 6.09 Å². The number of H-pyrrole nitrogens is 1. The summed E-state index contributed by atoms with van der Waals surface area (Å²) >= 11 is 0. The van der Waals surface area contributed by atoms with E-state index in [-0.39, 0.29) is 25.6 Å². The van der Waals surface area contributed by atoms with Gasteiger partial charge in [0.25, 0.3) is 0 Å². The van der Waals surface area contributed by atoms with Crippen molar-refractivity contribution in [3.05, 3.63) is 108 Å². The summed E-state index contributed by atoms with van der Waals surface area (Å²) in [6, 6.07) is 24.7. The molecule has 0 saturated carbocycles. The Kier molecular flexibility index (Phi) is 9.90. The molecule has 3 aromatic carbocycles. The number of likely N-dealkylation sites (tertiary alicyclic amines) is 1. The Morgan fingerprint density at radius 2 is 1.72 bits per heavy atom. The first-order valence-corrected chi connectivity index (χ1v) is 14.9. The van der Waals surface area contributed by atoms with Gasteiger partial charge < -0.3 is 19.6 Å². The molecule has 1 saturated heterocycles. The lowest BCUT2D eigenvalue weighted by atomic mass is 9.88. The summed E-state index contributed by atoms with van der Waals surface area (Å²) < 4.78 is 5.94. The van der Waals surface area contributed by atoms with Crippen molar-refractivity contribution in [2.24, 2.45) is 0 Å². The van der Waals surface area contributed by atoms with Crippen molar-refractivity contribution in [2.75, 3.05) is 32.8 Å². The van der Waals surface area contributed by atoms with E-state index in [1.165, 1.54) is 22.1 Å². The first kappa shape index (κ1) is 29.6. The third-order valence-electron chi connectivity index (χ3n) is 7.80. The molecule has 0 atom stereocenters. The van der Waals surface area contributed by atoms with Gasteiger partial charge in [-0.1, -0.05) is 61.5 Å². The van der Waals surface area contributed by atoms with Gasteiger partial charge in [-0.05, 0) is 77.8 Å². The first-order chi connectivity index (χ1) is 21.0. The van der Waals surface area contributed by atoms with E-state index >= 15 is 0 Å². The lowest BCUT2D eigenvalue weighted by Crippen LogP contribution is -2.35. The second-order valence-corrected chi connectivity index (χ2v) is 10.6. The standard InChI is InChI=1S/C35H38N4O4/c1-2-31(26-10-5-3-6-11-26)34(28-15-18-32-29(24-28)25-36-37-32)27-13-16-30(17-14-27)43-23-22-39(35(41)42)21-9-12-33(40)38-19-7-4-8-20-38/h3,5-6,9-18,24-25H,2,4,7-8,19-23H2,1H3,(H,36,37)(H,41,42)/b12-9+,34-31+. The van der Waals surface area contributed by atoms with Crippen LogP contribution in [0.25, 0.3) is 22.0 Å². The highest BCUT2D eigenvalue weighted by atomic mass is 16.5. The second-order valence-electron chi connectivity index (χ2n) is 10.6. The van der Waals surface area contributed by atoms with Gasteiger partial charge in [-0.3, -0.25) is 9.89 Å². The van der Waals surface area contributed by atoms with Gasteiger partial charge in [-0.15, -0.1) is 0 Å². The van der Waals surface area contributed by atoms with Crippen LogP contribution in [-0.2, 0) is 4.79 Å². The second kappa shape index (κ2) is 14.4. The number of rotatable bonds is 11. The molecule has 1 fully saturated rings. The van der Waals surface area contributed by atoms with Crippen LogP contribution in [0.15, 0.2) is 91.1 Å². The minimum Gasteiger partial charge on any atom is -0.492 e. The molecule has 0 radical (unpaired) electrons. The topological polar surface area (TPSA) is 98.8 Å². The lowest BCUT2D eigenvalue weighted by molar-refractivity contribution is -0.126. The third-order valence-corrected chi connectivity index (χ3v) is 7.80. The molecule has 0 unspecified atom stereocenters. The normalized spacial score (nSPS) is 14.1. The molecule has 1 aliphatic heterocycles. The molecule has 8 heteroatoms. The zero-order valence-corrected chi connectivity index (χ0v) is 24.5. The molecule has 0 spiro atoms. The van der Waals surface area contributed by atoms with Crippen LogP contribution >= 0.6 is 0 Å². The van der Waals surface area contributed by atoms with Crippen LogP contribution in [0, 0.1) is 0 Å². The number of hydrogen-bond acceptors (Lipinski definition) is 4. The maximum Gasteiger partial charge on any atom is 0.407 e. The molecule has 2 N–H and O–H groups in total. The van der Waals surface area contributed by atoms with Crippen molar-refractivity contribution < 1.29 is 19.4 Å². The Bertz CT molecular complexity index is 1590. The number of aromatic amines is 1. The predicted molar refractivity (Wildman–Crippen MR) is 170 cm³/mol. The van der Waals surface area contributed by atoms with E-state index in [0.717, 1.165) is 66.4 Å². The van der Waals surface area contributed by atoms with E-state index in [0.29, 0.717) is 5.75 Å². The monoisotopic (exact) mass is 578 g/mol. The molecule has 1 aromatic heterocycles. The van der Waals surface area contributed by atoms with Crippen LogP contribution in [0.5, 0.6) is 5.75 Å². The number of piperidine rings is 1. The van der Waals surface area contributed by atoms with Gasteiger partial charge >= 0.3 is 6.09 Å². The summed E-state index contributed by atoms with van der Waals surface area (Å²) in [6.45, 7) is 4.21. The number of carboxylic acid groups (broad SMARTS) is 1. The largest absolute Gasteiger partial charge is 0.492 e. The van der Waals surface area contributed by atoms with E-state index in [1.54, 1.807) is 6.08 Å². The summed E-state index contributed by atoms with van der Waals surface area (Å²) in [4.78, 5) is 27.2. The highest BCUT2D eigenvalue weighted by Gasteiger charge is 2.16. The quantitative estimate of drug-likeness (QED) is 0.150. The van der Waals surface area contributed by atoms with E-state index in [1.807, 2.05) is 41.4 Å². The predicted octanol–water partition coefficient (Wildman–Crippen LogP) is 6.86. The molecular formula is C35H38N4O4. The summed E-state index contributed by atoms with van der Waals surface area (Å²) in [6.07, 6.45) is 7.93. The maximum absolute atomic E-state index is 12.3. The van der Waals surface area contributed by atoms with Crippen molar-refractivity contribution in [3.63, 3.8) is 0 Å². The van der Waals surface area contributed by atoms with Crippen molar-refractivity contribution in [2.45, 2.75) is 32.6 Å². The molecule has 8 nitrogen and oxygen atoms in total. The van der Waals surface area contributed by atoms with Gasteiger partial charge in [0.05, 0.1) is 18.3 Å². The number of allylic oxidation sites excluding steroid dienone is 1. The maximum atomic E-state index is 12.3. The van der Waals surface area contributed by atoms with Crippen LogP contribution in [-0.4, -0.2) is 69.9 Å². The molecule has 2 heterocycles. The molecule has 0 aliphatic carbocycles. The number of amides is 2. The highest BCUT2D eigenvalue weighted by molar-refractivity contribution is 6.00. The number of carbonyl (C=O) groups is 2. The SMILES string of the molecule is CC/C(=C(/c1ccc(OCCN(C/C=C/C(=O)N2CCCCC2)C(=O)O)cc1)c1ccc2[nH]ncc2c1)c1ccccc1. The Morgan fingerprint density at radius 3 is 2.44 bits per heavy atom. The highest BCUT2D eigenvalue weighted by Crippen LogP contribution is 2.36. The van der Waals surface area contributed by atoms with Crippen LogP contribution in [0.3, 0.4) is 0 Å². The van der Waals surface area contributed by atoms with Crippen molar-refractivity contribution >= 4 is 34.0 Å². The molecule has 0 bridgehead atoms. The fraction of sp³-hybridized carbons (Fsp3) is 0.286. The summed E-state index contributed by atoms with van der Waals surface area (Å²) in [5.41, 5.74) is 6.71. The minimum absolute atomic E-state index is 0.0574. The van der Waals surface area contributed by atoms with E-state index in [9.17, 15) is 14.7 Å². The number of nitrogens with zero attached hydrogens (tertiary/aromatic N) is 3. The fourth-order valence-electron chi connectivity index (χ4n) is 5.53. The molecule has 222 valence electrons. The summed E-state index contributed by atoms with van der Waals surface area (Å²) in [7, 11) is 0. The molecule has 43 heavy (non-hydrogen) atoms.